The number of carbonyl (C=O) groups excluding carboxylic acids is 1. The molecule has 0 aromatic heterocycles. The van der Waals surface area contributed by atoms with Gasteiger partial charge in [0.1, 0.15) is 0 Å². The van der Waals surface area contributed by atoms with Gasteiger partial charge in [-0.25, -0.2) is 0 Å². The SMILES string of the molecule is CC(c1ccccc1)C(O)c1cc2c(cc1Cl)NC(=O)C2. The highest BCUT2D eigenvalue weighted by Crippen LogP contribution is 2.38. The van der Waals surface area contributed by atoms with Gasteiger partial charge in [0.15, 0.2) is 0 Å². The summed E-state index contributed by atoms with van der Waals surface area (Å²) in [5.41, 5.74) is 3.35. The number of amides is 1. The van der Waals surface area contributed by atoms with E-state index in [1.807, 2.05) is 43.3 Å². The van der Waals surface area contributed by atoms with E-state index >= 15 is 0 Å². The van der Waals surface area contributed by atoms with Crippen LogP contribution < -0.4 is 5.32 Å². The Bertz CT molecular complexity index is 685. The molecule has 0 fully saturated rings. The number of benzene rings is 2. The number of halogens is 1. The van der Waals surface area contributed by atoms with Crippen LogP contribution >= 0.6 is 11.6 Å². The van der Waals surface area contributed by atoms with Crippen molar-refractivity contribution in [3.63, 3.8) is 0 Å². The number of aliphatic hydroxyl groups excluding tert-OH is 1. The summed E-state index contributed by atoms with van der Waals surface area (Å²) in [5, 5.41) is 13.9. The Kier molecular flexibility index (Phi) is 3.70. The Morgan fingerprint density at radius 1 is 1.24 bits per heavy atom. The first kappa shape index (κ1) is 14.1. The van der Waals surface area contributed by atoms with E-state index < -0.39 is 6.10 Å². The Hall–Kier alpha value is -1.84. The van der Waals surface area contributed by atoms with Gasteiger partial charge >= 0.3 is 0 Å². The minimum atomic E-state index is -0.707. The minimum absolute atomic E-state index is 0.0381. The van der Waals surface area contributed by atoms with Crippen molar-refractivity contribution in [3.8, 4) is 0 Å². The van der Waals surface area contributed by atoms with Crippen LogP contribution in [0.2, 0.25) is 5.02 Å². The predicted octanol–water partition coefficient (Wildman–Crippen LogP) is 3.67. The van der Waals surface area contributed by atoms with Gasteiger partial charge < -0.3 is 10.4 Å². The Balaban J connectivity index is 1.94. The van der Waals surface area contributed by atoms with Gasteiger partial charge in [-0.3, -0.25) is 4.79 Å². The molecule has 1 heterocycles. The summed E-state index contributed by atoms with van der Waals surface area (Å²) in [6.45, 7) is 1.97. The van der Waals surface area contributed by atoms with E-state index in [0.717, 1.165) is 16.8 Å². The van der Waals surface area contributed by atoms with E-state index in [1.165, 1.54) is 0 Å². The molecular formula is C17H16ClNO2. The maximum atomic E-state index is 11.4. The van der Waals surface area contributed by atoms with Crippen LogP contribution in [0.3, 0.4) is 0 Å². The standard InChI is InChI=1S/C17H16ClNO2/c1-10(11-5-3-2-4-6-11)17(21)13-7-12-8-16(20)19-15(12)9-14(13)18/h2-7,9-10,17,21H,8H2,1H3,(H,19,20). The lowest BCUT2D eigenvalue weighted by Gasteiger charge is -2.21. The number of hydrogen-bond donors (Lipinski definition) is 2. The van der Waals surface area contributed by atoms with Gasteiger partial charge in [0.05, 0.1) is 12.5 Å². The fourth-order valence-corrected chi connectivity index (χ4v) is 2.98. The highest BCUT2D eigenvalue weighted by atomic mass is 35.5. The maximum absolute atomic E-state index is 11.4. The van der Waals surface area contributed by atoms with Crippen molar-refractivity contribution < 1.29 is 9.90 Å². The lowest BCUT2D eigenvalue weighted by molar-refractivity contribution is -0.115. The minimum Gasteiger partial charge on any atom is -0.388 e. The normalized spacial score (nSPS) is 16.2. The molecule has 3 nitrogen and oxygen atoms in total. The molecule has 2 aromatic rings. The molecule has 2 aromatic carbocycles. The number of anilines is 1. The lowest BCUT2D eigenvalue weighted by atomic mass is 9.90. The zero-order chi connectivity index (χ0) is 15.0. The number of nitrogens with one attached hydrogen (secondary N) is 1. The number of aliphatic hydroxyl groups is 1. The lowest BCUT2D eigenvalue weighted by Crippen LogP contribution is -2.08. The van der Waals surface area contributed by atoms with Crippen molar-refractivity contribution in [2.24, 2.45) is 0 Å². The first-order valence-corrected chi connectivity index (χ1v) is 7.29. The van der Waals surface area contributed by atoms with Crippen molar-refractivity contribution in [3.05, 3.63) is 64.2 Å². The van der Waals surface area contributed by atoms with Gasteiger partial charge in [0.2, 0.25) is 5.91 Å². The molecule has 2 unspecified atom stereocenters. The fraction of sp³-hybridized carbons (Fsp3) is 0.235. The molecule has 0 aliphatic carbocycles. The van der Waals surface area contributed by atoms with Crippen LogP contribution in [-0.2, 0) is 11.2 Å². The monoisotopic (exact) mass is 301 g/mol. The highest BCUT2D eigenvalue weighted by Gasteiger charge is 2.25. The molecule has 0 bridgehead atoms. The van der Waals surface area contributed by atoms with Gasteiger partial charge in [-0.15, -0.1) is 0 Å². The van der Waals surface area contributed by atoms with Crippen LogP contribution in [0.15, 0.2) is 42.5 Å². The van der Waals surface area contributed by atoms with Crippen LogP contribution in [0.4, 0.5) is 5.69 Å². The van der Waals surface area contributed by atoms with Crippen LogP contribution in [0, 0.1) is 0 Å². The van der Waals surface area contributed by atoms with Crippen LogP contribution in [-0.4, -0.2) is 11.0 Å². The summed E-state index contributed by atoms with van der Waals surface area (Å²) in [5.74, 6) is -0.115. The molecule has 0 spiro atoms. The van der Waals surface area contributed by atoms with Crippen molar-refractivity contribution in [2.45, 2.75) is 25.4 Å². The third-order valence-electron chi connectivity index (χ3n) is 3.97. The second-order valence-corrected chi connectivity index (χ2v) is 5.81. The predicted molar refractivity (Wildman–Crippen MR) is 83.6 cm³/mol. The molecule has 0 saturated heterocycles. The van der Waals surface area contributed by atoms with Crippen molar-refractivity contribution in [1.82, 2.24) is 0 Å². The van der Waals surface area contributed by atoms with Crippen molar-refractivity contribution in [2.75, 3.05) is 5.32 Å². The molecule has 108 valence electrons. The van der Waals surface area contributed by atoms with Gasteiger partial charge in [-0.05, 0) is 23.3 Å². The molecule has 4 heteroatoms. The molecule has 1 aliphatic heterocycles. The molecule has 2 N–H and O–H groups in total. The molecule has 0 saturated carbocycles. The van der Waals surface area contributed by atoms with Gasteiger partial charge in [-0.2, -0.15) is 0 Å². The average molecular weight is 302 g/mol. The highest BCUT2D eigenvalue weighted by molar-refractivity contribution is 6.32. The van der Waals surface area contributed by atoms with Gasteiger partial charge in [0.25, 0.3) is 0 Å². The molecule has 21 heavy (non-hydrogen) atoms. The summed E-state index contributed by atoms with van der Waals surface area (Å²) >= 11 is 6.27. The van der Waals surface area contributed by atoms with Crippen molar-refractivity contribution in [1.29, 1.82) is 0 Å². The molecule has 0 radical (unpaired) electrons. The summed E-state index contributed by atoms with van der Waals surface area (Å²) < 4.78 is 0. The zero-order valence-corrected chi connectivity index (χ0v) is 12.4. The molecule has 2 atom stereocenters. The topological polar surface area (TPSA) is 49.3 Å². The Labute approximate surface area is 128 Å². The third kappa shape index (κ3) is 2.67. The molecule has 3 rings (SSSR count). The first-order valence-electron chi connectivity index (χ1n) is 6.91. The van der Waals surface area contributed by atoms with Gasteiger partial charge in [0, 0.05) is 22.2 Å². The average Bonchev–Trinajstić information content (AvgIpc) is 2.85. The smallest absolute Gasteiger partial charge is 0.228 e. The number of carbonyl (C=O) groups is 1. The molecule has 1 aliphatic rings. The summed E-state index contributed by atoms with van der Waals surface area (Å²) in [7, 11) is 0. The van der Waals surface area contributed by atoms with E-state index in [-0.39, 0.29) is 11.8 Å². The Morgan fingerprint density at radius 2 is 1.95 bits per heavy atom. The summed E-state index contributed by atoms with van der Waals surface area (Å²) in [4.78, 5) is 11.4. The quantitative estimate of drug-likeness (QED) is 0.908. The fourth-order valence-electron chi connectivity index (χ4n) is 2.70. The van der Waals surface area contributed by atoms with E-state index in [2.05, 4.69) is 5.32 Å². The summed E-state index contributed by atoms with van der Waals surface area (Å²) in [6, 6.07) is 13.4. The van der Waals surface area contributed by atoms with Gasteiger partial charge in [-0.1, -0.05) is 48.9 Å². The number of rotatable bonds is 3. The molecular weight excluding hydrogens is 286 g/mol. The second kappa shape index (κ2) is 5.51. The Morgan fingerprint density at radius 3 is 2.67 bits per heavy atom. The number of fused-ring (bicyclic) bond motifs is 1. The van der Waals surface area contributed by atoms with E-state index in [1.54, 1.807) is 6.07 Å². The largest absolute Gasteiger partial charge is 0.388 e. The van der Waals surface area contributed by atoms with E-state index in [0.29, 0.717) is 17.0 Å². The molecule has 1 amide bonds. The van der Waals surface area contributed by atoms with Crippen LogP contribution in [0.5, 0.6) is 0 Å². The van der Waals surface area contributed by atoms with Crippen molar-refractivity contribution >= 4 is 23.2 Å². The first-order chi connectivity index (χ1) is 10.1. The zero-order valence-electron chi connectivity index (χ0n) is 11.6. The van der Waals surface area contributed by atoms with Crippen LogP contribution in [0.1, 0.15) is 35.6 Å². The van der Waals surface area contributed by atoms with E-state index in [9.17, 15) is 9.90 Å². The second-order valence-electron chi connectivity index (χ2n) is 5.40. The van der Waals surface area contributed by atoms with Crippen LogP contribution in [0.25, 0.3) is 0 Å². The summed E-state index contributed by atoms with van der Waals surface area (Å²) in [6.07, 6.45) is -0.368. The number of hydrogen-bond acceptors (Lipinski definition) is 2. The van der Waals surface area contributed by atoms with E-state index in [4.69, 9.17) is 11.6 Å². The third-order valence-corrected chi connectivity index (χ3v) is 4.29. The maximum Gasteiger partial charge on any atom is 0.228 e.